The Bertz CT molecular complexity index is 1040. The summed E-state index contributed by atoms with van der Waals surface area (Å²) in [5, 5.41) is 11.4. The largest absolute Gasteiger partial charge is 0.383 e. The highest BCUT2D eigenvalue weighted by atomic mass is 32.2. The second kappa shape index (κ2) is 8.56. The van der Waals surface area contributed by atoms with Crippen LogP contribution in [0.25, 0.3) is 10.6 Å². The minimum atomic E-state index is -3.69. The number of sulfonamides is 1. The van der Waals surface area contributed by atoms with Crippen LogP contribution in [0.4, 0.5) is 0 Å². The molecule has 0 aliphatic carbocycles. The van der Waals surface area contributed by atoms with Gasteiger partial charge in [-0.3, -0.25) is 9.78 Å². The van der Waals surface area contributed by atoms with Crippen LogP contribution in [-0.4, -0.2) is 53.0 Å². The number of hydrogen-bond acceptors (Lipinski definition) is 6. The fourth-order valence-corrected chi connectivity index (χ4v) is 5.81. The smallest absolute Gasteiger partial charge is 0.244 e. The first-order valence-electron chi connectivity index (χ1n) is 8.98. The highest BCUT2D eigenvalue weighted by molar-refractivity contribution is 7.89. The zero-order valence-electron chi connectivity index (χ0n) is 16.5. The van der Waals surface area contributed by atoms with Crippen LogP contribution in [0.2, 0.25) is 0 Å². The number of nitrogens with zero attached hydrogens (tertiary/aromatic N) is 4. The van der Waals surface area contributed by atoms with Gasteiger partial charge in [-0.2, -0.15) is 14.5 Å². The maximum atomic E-state index is 13.4. The highest BCUT2D eigenvalue weighted by Gasteiger charge is 2.28. The quantitative estimate of drug-likeness (QED) is 0.571. The number of methoxy groups -OCH3 is 1. The van der Waals surface area contributed by atoms with Gasteiger partial charge in [0.1, 0.15) is 5.69 Å². The third kappa shape index (κ3) is 4.35. The molecule has 0 aromatic carbocycles. The fraction of sp³-hybridized carbons (Fsp3) is 0.444. The average molecular weight is 424 g/mol. The fourth-order valence-electron chi connectivity index (χ4n) is 2.87. The zero-order chi connectivity index (χ0) is 20.3. The van der Waals surface area contributed by atoms with Crippen LogP contribution in [-0.2, 0) is 27.8 Å². The van der Waals surface area contributed by atoms with Gasteiger partial charge in [-0.05, 0) is 32.9 Å². The number of rotatable bonds is 9. The lowest BCUT2D eigenvalue weighted by molar-refractivity contribution is 0.177. The van der Waals surface area contributed by atoms with E-state index >= 15 is 0 Å². The Balaban J connectivity index is 1.93. The Hall–Kier alpha value is -2.01. The Kier molecular flexibility index (Phi) is 6.33. The van der Waals surface area contributed by atoms with Gasteiger partial charge in [0, 0.05) is 49.1 Å². The van der Waals surface area contributed by atoms with Gasteiger partial charge in [0.05, 0.1) is 22.6 Å². The highest BCUT2D eigenvalue weighted by Crippen LogP contribution is 2.34. The molecule has 8 nitrogen and oxygen atoms in total. The van der Waals surface area contributed by atoms with E-state index in [1.807, 2.05) is 33.0 Å². The summed E-state index contributed by atoms with van der Waals surface area (Å²) in [5.41, 5.74) is 2.53. The predicted molar refractivity (Wildman–Crippen MR) is 109 cm³/mol. The second-order valence-electron chi connectivity index (χ2n) is 6.50. The number of aromatic nitrogens is 4. The SMILES string of the molecule is CCn1cc(CN(CCOC)S(=O)(=O)c2cc(-c3cc(C)[nH]n3)sc2C)cn1. The summed E-state index contributed by atoms with van der Waals surface area (Å²) in [6.45, 7) is 7.29. The van der Waals surface area contributed by atoms with Crippen molar-refractivity contribution in [2.45, 2.75) is 38.8 Å². The topological polar surface area (TPSA) is 93.1 Å². The lowest BCUT2D eigenvalue weighted by Crippen LogP contribution is -2.33. The maximum absolute atomic E-state index is 13.4. The summed E-state index contributed by atoms with van der Waals surface area (Å²) in [4.78, 5) is 1.88. The van der Waals surface area contributed by atoms with Crippen molar-refractivity contribution in [1.82, 2.24) is 24.3 Å². The second-order valence-corrected chi connectivity index (χ2v) is 9.67. The van der Waals surface area contributed by atoms with Gasteiger partial charge >= 0.3 is 0 Å². The summed E-state index contributed by atoms with van der Waals surface area (Å²) in [6, 6.07) is 3.61. The molecule has 28 heavy (non-hydrogen) atoms. The van der Waals surface area contributed by atoms with E-state index in [0.29, 0.717) is 11.5 Å². The number of nitrogens with one attached hydrogen (secondary N) is 1. The average Bonchev–Trinajstić information content (AvgIpc) is 3.38. The molecule has 3 heterocycles. The molecule has 10 heteroatoms. The number of thiophene rings is 1. The lowest BCUT2D eigenvalue weighted by Gasteiger charge is -2.21. The zero-order valence-corrected chi connectivity index (χ0v) is 18.1. The summed E-state index contributed by atoms with van der Waals surface area (Å²) in [5.74, 6) is 0. The Morgan fingerprint density at radius 1 is 1.32 bits per heavy atom. The maximum Gasteiger partial charge on any atom is 0.244 e. The van der Waals surface area contributed by atoms with E-state index in [9.17, 15) is 8.42 Å². The van der Waals surface area contributed by atoms with Gasteiger partial charge < -0.3 is 4.74 Å². The van der Waals surface area contributed by atoms with Crippen LogP contribution < -0.4 is 0 Å². The number of ether oxygens (including phenoxy) is 1. The van der Waals surface area contributed by atoms with Gasteiger partial charge in [-0.1, -0.05) is 0 Å². The number of aromatic amines is 1. The van der Waals surface area contributed by atoms with Crippen molar-refractivity contribution >= 4 is 21.4 Å². The Morgan fingerprint density at radius 2 is 2.11 bits per heavy atom. The van der Waals surface area contributed by atoms with Crippen molar-refractivity contribution in [3.63, 3.8) is 0 Å². The third-order valence-corrected chi connectivity index (χ3v) is 7.54. The standard InChI is InChI=1S/C18H25N5O3S2/c1-5-22-11-15(10-19-22)12-23(6-7-26-4)28(24,25)18-9-17(27-14(18)3)16-8-13(2)20-21-16/h8-11H,5-7,12H2,1-4H3,(H,20,21). The predicted octanol–water partition coefficient (Wildman–Crippen LogP) is 2.81. The summed E-state index contributed by atoms with van der Waals surface area (Å²) in [6.07, 6.45) is 3.57. The van der Waals surface area contributed by atoms with Crippen LogP contribution in [0.15, 0.2) is 29.4 Å². The first kappa shape index (κ1) is 20.7. The molecule has 0 saturated heterocycles. The number of aryl methyl sites for hydroxylation is 3. The normalized spacial score (nSPS) is 12.2. The first-order chi connectivity index (χ1) is 13.3. The molecule has 3 aromatic heterocycles. The molecule has 0 aliphatic heterocycles. The molecule has 0 radical (unpaired) electrons. The molecule has 0 spiro atoms. The van der Waals surface area contributed by atoms with Crippen LogP contribution in [0.1, 0.15) is 23.1 Å². The molecule has 3 rings (SSSR count). The van der Waals surface area contributed by atoms with Gasteiger partial charge in [-0.15, -0.1) is 11.3 Å². The molecular weight excluding hydrogens is 398 g/mol. The van der Waals surface area contributed by atoms with Crippen molar-refractivity contribution in [3.05, 3.63) is 40.7 Å². The summed E-state index contributed by atoms with van der Waals surface area (Å²) >= 11 is 1.43. The van der Waals surface area contributed by atoms with E-state index in [0.717, 1.165) is 33.3 Å². The Labute approximate surface area is 169 Å². The minimum absolute atomic E-state index is 0.248. The van der Waals surface area contributed by atoms with Crippen LogP contribution in [0, 0.1) is 13.8 Å². The van der Waals surface area contributed by atoms with Crippen molar-refractivity contribution in [2.24, 2.45) is 0 Å². The molecule has 0 fully saturated rings. The van der Waals surface area contributed by atoms with E-state index in [1.165, 1.54) is 15.6 Å². The summed E-state index contributed by atoms with van der Waals surface area (Å²) in [7, 11) is -2.13. The van der Waals surface area contributed by atoms with E-state index in [4.69, 9.17) is 4.74 Å². The van der Waals surface area contributed by atoms with Crippen LogP contribution >= 0.6 is 11.3 Å². The van der Waals surface area contributed by atoms with E-state index < -0.39 is 10.0 Å². The number of H-pyrrole nitrogens is 1. The molecule has 152 valence electrons. The molecule has 0 bridgehead atoms. The molecule has 0 unspecified atom stereocenters. The van der Waals surface area contributed by atoms with Gasteiger partial charge in [-0.25, -0.2) is 8.42 Å². The first-order valence-corrected chi connectivity index (χ1v) is 11.2. The van der Waals surface area contributed by atoms with E-state index in [2.05, 4.69) is 15.3 Å². The van der Waals surface area contributed by atoms with Crippen LogP contribution in [0.3, 0.4) is 0 Å². The molecule has 1 N–H and O–H groups in total. The monoisotopic (exact) mass is 423 g/mol. The Morgan fingerprint density at radius 3 is 2.71 bits per heavy atom. The van der Waals surface area contributed by atoms with Crippen molar-refractivity contribution in [2.75, 3.05) is 20.3 Å². The minimum Gasteiger partial charge on any atom is -0.383 e. The lowest BCUT2D eigenvalue weighted by atomic mass is 10.3. The van der Waals surface area contributed by atoms with Crippen molar-refractivity contribution in [3.8, 4) is 10.6 Å². The molecule has 0 atom stereocenters. The molecule has 0 amide bonds. The van der Waals surface area contributed by atoms with Crippen molar-refractivity contribution < 1.29 is 13.2 Å². The third-order valence-electron chi connectivity index (χ3n) is 4.36. The van der Waals surface area contributed by atoms with Gasteiger partial charge in [0.25, 0.3) is 0 Å². The van der Waals surface area contributed by atoms with Gasteiger partial charge in [0.15, 0.2) is 0 Å². The molecule has 0 saturated carbocycles. The summed E-state index contributed by atoms with van der Waals surface area (Å²) < 4.78 is 35.2. The molecular formula is C18H25N5O3S2. The van der Waals surface area contributed by atoms with E-state index in [1.54, 1.807) is 24.1 Å². The van der Waals surface area contributed by atoms with Gasteiger partial charge in [0.2, 0.25) is 10.0 Å². The van der Waals surface area contributed by atoms with E-state index in [-0.39, 0.29) is 13.1 Å². The van der Waals surface area contributed by atoms with Crippen LogP contribution in [0.5, 0.6) is 0 Å². The number of hydrogen-bond donors (Lipinski definition) is 1. The molecule has 0 aliphatic rings. The van der Waals surface area contributed by atoms with Crippen molar-refractivity contribution in [1.29, 1.82) is 0 Å². The molecule has 3 aromatic rings.